The third-order valence-corrected chi connectivity index (χ3v) is 2.43. The average Bonchev–Trinajstić information content (AvgIpc) is 2.49. The van der Waals surface area contributed by atoms with E-state index in [0.29, 0.717) is 5.75 Å². The molecule has 0 aliphatic rings. The lowest BCUT2D eigenvalue weighted by atomic mass is 10.3. The Kier molecular flexibility index (Phi) is 10.6. The second-order valence-electron chi connectivity index (χ2n) is 3.78. The van der Waals surface area contributed by atoms with Crippen LogP contribution in [0.5, 0.6) is 5.75 Å². The van der Waals surface area contributed by atoms with Gasteiger partial charge in [0.05, 0.1) is 0 Å². The normalized spacial score (nSPS) is 8.27. The van der Waals surface area contributed by atoms with Crippen molar-refractivity contribution in [3.8, 4) is 5.75 Å². The molecule has 0 radical (unpaired) electrons. The topological polar surface area (TPSA) is 95.8 Å². The lowest BCUT2D eigenvalue weighted by Gasteiger charge is -1.94. The maximum Gasteiger partial charge on any atom is 0.319 e. The fourth-order valence-electron chi connectivity index (χ4n) is 1.14. The highest BCUT2D eigenvalue weighted by molar-refractivity contribution is 7.62. The van der Waals surface area contributed by atoms with E-state index < -0.39 is 16.4 Å². The van der Waals surface area contributed by atoms with E-state index >= 15 is 0 Å². The minimum atomic E-state index is -2.57. The molecule has 0 saturated carbocycles. The van der Waals surface area contributed by atoms with Gasteiger partial charge in [-0.15, -0.1) is 0 Å². The monoisotopic (exact) mass is 322 g/mol. The molecule has 0 spiro atoms. The number of nitrogens with zero attached hydrogens (tertiary/aromatic N) is 1. The summed E-state index contributed by atoms with van der Waals surface area (Å²) in [6.07, 6.45) is 0. The lowest BCUT2D eigenvalue weighted by molar-refractivity contribution is -0.115. The number of hydrogen-bond donors (Lipinski definition) is 2. The molecule has 7 heteroatoms. The molecule has 0 heterocycles. The van der Waals surface area contributed by atoms with Crippen LogP contribution in [0.4, 0.5) is 5.69 Å². The Balaban J connectivity index is 0.000000302. The van der Waals surface area contributed by atoms with E-state index in [1.807, 2.05) is 43.4 Å². The van der Waals surface area contributed by atoms with Crippen LogP contribution in [0.2, 0.25) is 0 Å². The first kappa shape index (κ1) is 19.3. The molecule has 2 N–H and O–H groups in total. The molecule has 2 aromatic carbocycles. The predicted octanol–water partition coefficient (Wildman–Crippen LogP) is 2.72. The number of hydrogen-bond acceptors (Lipinski definition) is 5. The highest BCUT2D eigenvalue weighted by Crippen LogP contribution is 2.03. The number of rotatable bonds is 1. The van der Waals surface area contributed by atoms with Crippen molar-refractivity contribution >= 4 is 22.1 Å². The van der Waals surface area contributed by atoms with E-state index in [4.69, 9.17) is 5.11 Å². The molecule has 2 aromatic rings. The number of phenolic OH excluding ortho intramolecular Hbond substituents is 1. The number of carbonyl (C=O) groups excluding carboxylic acids is 1. The Morgan fingerprint density at radius 2 is 1.45 bits per heavy atom. The van der Waals surface area contributed by atoms with Gasteiger partial charge in [-0.05, 0) is 24.3 Å². The van der Waals surface area contributed by atoms with Crippen molar-refractivity contribution < 1.29 is 18.3 Å². The number of benzene rings is 2. The molecule has 0 saturated heterocycles. The quantitative estimate of drug-likeness (QED) is 0.841. The molecule has 0 aliphatic heterocycles. The van der Waals surface area contributed by atoms with E-state index in [1.165, 1.54) is 0 Å². The first-order chi connectivity index (χ1) is 10.5. The van der Waals surface area contributed by atoms with Crippen molar-refractivity contribution in [3.63, 3.8) is 0 Å². The molecule has 0 aromatic heterocycles. The molecule has 0 atom stereocenters. The van der Waals surface area contributed by atoms with E-state index in [9.17, 15) is 13.2 Å². The fourth-order valence-corrected chi connectivity index (χ4v) is 1.35. The Morgan fingerprint density at radius 3 is 1.64 bits per heavy atom. The van der Waals surface area contributed by atoms with Gasteiger partial charge in [0, 0.05) is 19.7 Å². The number of aromatic hydroxyl groups is 1. The smallest absolute Gasteiger partial charge is 0.319 e. The van der Waals surface area contributed by atoms with Gasteiger partial charge in [-0.1, -0.05) is 40.8 Å². The average molecular weight is 322 g/mol. The van der Waals surface area contributed by atoms with Gasteiger partial charge in [-0.25, -0.2) is 0 Å². The van der Waals surface area contributed by atoms with Gasteiger partial charge in [0.25, 0.3) is 5.91 Å². The fraction of sp³-hybridized carbons (Fsp3) is 0.133. The van der Waals surface area contributed by atoms with Crippen LogP contribution in [-0.2, 0) is 15.3 Å². The van der Waals surface area contributed by atoms with Crippen molar-refractivity contribution in [3.05, 3.63) is 60.7 Å². The maximum absolute atomic E-state index is 9.69. The third kappa shape index (κ3) is 12.4. The largest absolute Gasteiger partial charge is 0.508 e. The third-order valence-electron chi connectivity index (χ3n) is 2.02. The zero-order valence-electron chi connectivity index (χ0n) is 12.3. The summed E-state index contributed by atoms with van der Waals surface area (Å²) in [4.78, 5) is 9.69. The summed E-state index contributed by atoms with van der Waals surface area (Å²) >= 11 is 0. The van der Waals surface area contributed by atoms with Crippen LogP contribution in [-0.4, -0.2) is 26.5 Å². The van der Waals surface area contributed by atoms with Crippen LogP contribution < -0.4 is 5.32 Å². The highest BCUT2D eigenvalue weighted by Gasteiger charge is 1.80. The molecule has 0 unspecified atom stereocenters. The lowest BCUT2D eigenvalue weighted by Crippen LogP contribution is -1.84. The number of anilines is 1. The maximum atomic E-state index is 9.69. The zero-order valence-corrected chi connectivity index (χ0v) is 13.1. The molecule has 2 rings (SSSR count). The van der Waals surface area contributed by atoms with Crippen molar-refractivity contribution in [1.29, 1.82) is 0 Å². The molecule has 0 aliphatic carbocycles. The van der Waals surface area contributed by atoms with Crippen LogP contribution in [0.25, 0.3) is 0 Å². The Hall–Kier alpha value is -2.67. The van der Waals surface area contributed by atoms with Crippen LogP contribution in [0, 0.1) is 0 Å². The van der Waals surface area contributed by atoms with Crippen molar-refractivity contribution in [2.75, 3.05) is 12.4 Å². The predicted molar refractivity (Wildman–Crippen MR) is 86.1 cm³/mol. The number of carbonyl (C=O) groups is 1. The summed E-state index contributed by atoms with van der Waals surface area (Å²) in [6, 6.07) is 18.8. The van der Waals surface area contributed by atoms with E-state index in [1.54, 1.807) is 24.3 Å². The molecule has 118 valence electrons. The molecule has 6 nitrogen and oxygen atoms in total. The second kappa shape index (κ2) is 12.1. The molecular weight excluding hydrogens is 304 g/mol. The van der Waals surface area contributed by atoms with Crippen LogP contribution >= 0.6 is 0 Å². The van der Waals surface area contributed by atoms with Crippen LogP contribution in [0.1, 0.15) is 6.92 Å². The van der Waals surface area contributed by atoms with E-state index in [0.717, 1.165) is 12.6 Å². The Morgan fingerprint density at radius 1 is 1.00 bits per heavy atom. The Labute approximate surface area is 131 Å². The highest BCUT2D eigenvalue weighted by atomic mass is 32.2. The molecule has 0 fully saturated rings. The number of amides is 1. The summed E-state index contributed by atoms with van der Waals surface area (Å²) in [7, 11) is -0.658. The second-order valence-corrected chi connectivity index (χ2v) is 4.40. The SMILES string of the molecule is CC(=O)N=S(=O)=O.CNc1ccccc1.Oc1ccccc1. The van der Waals surface area contributed by atoms with Gasteiger partial charge in [-0.2, -0.15) is 8.42 Å². The van der Waals surface area contributed by atoms with Crippen molar-refractivity contribution in [2.45, 2.75) is 6.92 Å². The van der Waals surface area contributed by atoms with Crippen LogP contribution in [0.15, 0.2) is 65.0 Å². The summed E-state index contributed by atoms with van der Waals surface area (Å²) < 4.78 is 21.4. The van der Waals surface area contributed by atoms with Gasteiger partial charge in [-0.3, -0.25) is 4.79 Å². The zero-order chi connectivity index (χ0) is 16.8. The van der Waals surface area contributed by atoms with Gasteiger partial charge in [0.2, 0.25) is 0 Å². The van der Waals surface area contributed by atoms with Gasteiger partial charge in [0.15, 0.2) is 0 Å². The van der Waals surface area contributed by atoms with E-state index in [-0.39, 0.29) is 0 Å². The summed E-state index contributed by atoms with van der Waals surface area (Å²) in [5.74, 6) is -0.379. The molecule has 22 heavy (non-hydrogen) atoms. The minimum absolute atomic E-state index is 0.322. The molecule has 1 amide bonds. The summed E-state index contributed by atoms with van der Waals surface area (Å²) in [5.41, 5.74) is 1.16. The Bertz CT molecular complexity index is 663. The standard InChI is InChI=1S/C7H9N.C6H6O.C2H3NO3S/c1-8-7-5-3-2-4-6-7;7-6-4-2-1-3-5-6;1-2(4)3-7(5)6/h2-6,8H,1H3;1-5,7H;1H3. The number of nitrogens with one attached hydrogen (secondary N) is 1. The van der Waals surface area contributed by atoms with Crippen LogP contribution in [0.3, 0.4) is 0 Å². The van der Waals surface area contributed by atoms with E-state index in [2.05, 4.69) is 9.68 Å². The van der Waals surface area contributed by atoms with Crippen molar-refractivity contribution in [1.82, 2.24) is 0 Å². The van der Waals surface area contributed by atoms with Gasteiger partial charge >= 0.3 is 10.5 Å². The summed E-state index contributed by atoms with van der Waals surface area (Å²) in [5, 5.41) is 11.7. The summed E-state index contributed by atoms with van der Waals surface area (Å²) in [6.45, 7) is 1.07. The number of phenols is 1. The first-order valence-corrected chi connectivity index (χ1v) is 7.27. The van der Waals surface area contributed by atoms with Gasteiger partial charge < -0.3 is 10.4 Å². The number of para-hydroxylation sites is 2. The molecular formula is C15H18N2O4S. The van der Waals surface area contributed by atoms with Crippen molar-refractivity contribution in [2.24, 2.45) is 4.36 Å². The first-order valence-electron chi connectivity index (χ1n) is 6.24. The minimum Gasteiger partial charge on any atom is -0.508 e. The molecule has 0 bridgehead atoms. The van der Waals surface area contributed by atoms with Gasteiger partial charge in [0.1, 0.15) is 5.75 Å².